The van der Waals surface area contributed by atoms with Gasteiger partial charge in [0.05, 0.1) is 0 Å². The number of hydrogen-bond donors (Lipinski definition) is 0. The van der Waals surface area contributed by atoms with E-state index in [1.54, 1.807) is 6.07 Å². The summed E-state index contributed by atoms with van der Waals surface area (Å²) < 4.78 is 21.5. The normalized spacial score (nSPS) is 11.3. The lowest BCUT2D eigenvalue weighted by Gasteiger charge is -2.11. The van der Waals surface area contributed by atoms with E-state index in [0.29, 0.717) is 28.6 Å². The maximum absolute atomic E-state index is 15.5. The van der Waals surface area contributed by atoms with Crippen LogP contribution in [-0.4, -0.2) is 15.0 Å². The molecule has 0 unspecified atom stereocenters. The van der Waals surface area contributed by atoms with Gasteiger partial charge < -0.3 is 4.42 Å². The summed E-state index contributed by atoms with van der Waals surface area (Å²) in [7, 11) is 0. The summed E-state index contributed by atoms with van der Waals surface area (Å²) in [5.74, 6) is 1.28. The third-order valence-corrected chi connectivity index (χ3v) is 7.81. The van der Waals surface area contributed by atoms with E-state index in [4.69, 9.17) is 19.4 Å². The van der Waals surface area contributed by atoms with Crippen LogP contribution in [0.3, 0.4) is 0 Å². The Bertz CT molecular complexity index is 2240. The van der Waals surface area contributed by atoms with Crippen LogP contribution in [-0.2, 0) is 0 Å². The highest BCUT2D eigenvalue weighted by Crippen LogP contribution is 2.35. The topological polar surface area (TPSA) is 51.8 Å². The van der Waals surface area contributed by atoms with Crippen LogP contribution >= 0.6 is 0 Å². The van der Waals surface area contributed by atoms with Crippen molar-refractivity contribution in [1.29, 1.82) is 0 Å². The Balaban J connectivity index is 1.22. The standard InChI is InChI=1S/C39H24FN3O/c40-34-20-18-30(39-42-37(25-10-3-1-4-11-25)41-38(43-39)26-12-5-2-6-13-26)24-32(34)29-15-9-14-27(22-29)28-19-21-36-33(23-28)31-16-7-8-17-35(31)44-36/h1-24H. The molecule has 208 valence electrons. The van der Waals surface area contributed by atoms with Crippen molar-refractivity contribution < 1.29 is 8.81 Å². The average Bonchev–Trinajstić information content (AvgIpc) is 3.47. The Labute approximate surface area is 253 Å². The first-order valence-electron chi connectivity index (χ1n) is 14.4. The molecule has 0 fully saturated rings. The second-order valence-corrected chi connectivity index (χ2v) is 10.6. The van der Waals surface area contributed by atoms with E-state index in [2.05, 4.69) is 12.1 Å². The lowest BCUT2D eigenvalue weighted by Crippen LogP contribution is -2.00. The minimum Gasteiger partial charge on any atom is -0.456 e. The number of rotatable bonds is 5. The number of hydrogen-bond acceptors (Lipinski definition) is 4. The number of aromatic nitrogens is 3. The molecule has 0 bridgehead atoms. The van der Waals surface area contributed by atoms with Crippen molar-refractivity contribution in [3.8, 4) is 56.4 Å². The molecule has 0 saturated heterocycles. The molecule has 0 saturated carbocycles. The van der Waals surface area contributed by atoms with Crippen LogP contribution < -0.4 is 0 Å². The summed E-state index contributed by atoms with van der Waals surface area (Å²) in [6.07, 6.45) is 0. The molecule has 8 rings (SSSR count). The summed E-state index contributed by atoms with van der Waals surface area (Å²) >= 11 is 0. The molecule has 2 aromatic heterocycles. The number of para-hydroxylation sites is 1. The van der Waals surface area contributed by atoms with Gasteiger partial charge in [0, 0.05) is 33.0 Å². The van der Waals surface area contributed by atoms with Gasteiger partial charge in [0.25, 0.3) is 0 Å². The third kappa shape index (κ3) is 4.71. The highest BCUT2D eigenvalue weighted by molar-refractivity contribution is 6.06. The quantitative estimate of drug-likeness (QED) is 0.207. The van der Waals surface area contributed by atoms with Gasteiger partial charge >= 0.3 is 0 Å². The minimum absolute atomic E-state index is 0.317. The number of nitrogens with zero attached hydrogens (tertiary/aromatic N) is 3. The first-order valence-corrected chi connectivity index (χ1v) is 14.4. The average molecular weight is 570 g/mol. The van der Waals surface area contributed by atoms with E-state index in [1.165, 1.54) is 6.07 Å². The summed E-state index contributed by atoms with van der Waals surface area (Å²) in [6, 6.07) is 46.8. The zero-order valence-corrected chi connectivity index (χ0v) is 23.5. The van der Waals surface area contributed by atoms with E-state index in [1.807, 2.05) is 121 Å². The molecule has 0 radical (unpaired) electrons. The van der Waals surface area contributed by atoms with E-state index < -0.39 is 0 Å². The molecule has 0 aliphatic carbocycles. The van der Waals surface area contributed by atoms with Gasteiger partial charge in [-0.2, -0.15) is 0 Å². The first kappa shape index (κ1) is 25.7. The molecule has 0 aliphatic heterocycles. The number of fused-ring (bicyclic) bond motifs is 3. The second-order valence-electron chi connectivity index (χ2n) is 10.6. The predicted octanol–water partition coefficient (Wildman–Crippen LogP) is 10.2. The number of furan rings is 1. The van der Waals surface area contributed by atoms with Gasteiger partial charge in [-0.15, -0.1) is 0 Å². The molecule has 0 amide bonds. The fraction of sp³-hybridized carbons (Fsp3) is 0. The molecule has 0 atom stereocenters. The van der Waals surface area contributed by atoms with E-state index in [0.717, 1.165) is 49.8 Å². The highest BCUT2D eigenvalue weighted by atomic mass is 19.1. The Morgan fingerprint density at radius 1 is 0.386 bits per heavy atom. The molecular weight excluding hydrogens is 545 g/mol. The molecule has 0 spiro atoms. The second kappa shape index (κ2) is 10.7. The van der Waals surface area contributed by atoms with E-state index >= 15 is 4.39 Å². The number of halogens is 1. The summed E-state index contributed by atoms with van der Waals surface area (Å²) in [6.45, 7) is 0. The van der Waals surface area contributed by atoms with Crippen molar-refractivity contribution in [1.82, 2.24) is 15.0 Å². The lowest BCUT2D eigenvalue weighted by molar-refractivity contribution is 0.631. The Morgan fingerprint density at radius 2 is 0.932 bits per heavy atom. The zero-order chi connectivity index (χ0) is 29.5. The molecule has 2 heterocycles. The fourth-order valence-electron chi connectivity index (χ4n) is 5.60. The van der Waals surface area contributed by atoms with Gasteiger partial charge in [-0.25, -0.2) is 19.3 Å². The maximum atomic E-state index is 15.5. The van der Waals surface area contributed by atoms with Crippen LogP contribution in [0.4, 0.5) is 4.39 Å². The van der Waals surface area contributed by atoms with Crippen molar-refractivity contribution >= 4 is 21.9 Å². The summed E-state index contributed by atoms with van der Waals surface area (Å²) in [5, 5.41) is 2.12. The molecule has 4 nitrogen and oxygen atoms in total. The molecule has 44 heavy (non-hydrogen) atoms. The molecular formula is C39H24FN3O. The summed E-state index contributed by atoms with van der Waals surface area (Å²) in [5.41, 5.74) is 7.41. The van der Waals surface area contributed by atoms with E-state index in [-0.39, 0.29) is 5.82 Å². The molecule has 0 N–H and O–H groups in total. The Hall–Kier alpha value is -5.94. The fourth-order valence-corrected chi connectivity index (χ4v) is 5.60. The van der Waals surface area contributed by atoms with Crippen LogP contribution in [0.1, 0.15) is 0 Å². The van der Waals surface area contributed by atoms with Crippen LogP contribution in [0, 0.1) is 5.82 Å². The minimum atomic E-state index is -0.317. The lowest BCUT2D eigenvalue weighted by atomic mass is 9.96. The Morgan fingerprint density at radius 3 is 1.66 bits per heavy atom. The molecule has 8 aromatic rings. The van der Waals surface area contributed by atoms with Gasteiger partial charge in [0.2, 0.25) is 0 Å². The number of benzene rings is 6. The van der Waals surface area contributed by atoms with Crippen molar-refractivity contribution in [2.75, 3.05) is 0 Å². The van der Waals surface area contributed by atoms with Crippen molar-refractivity contribution in [3.05, 3.63) is 151 Å². The first-order chi connectivity index (χ1) is 21.7. The van der Waals surface area contributed by atoms with Crippen molar-refractivity contribution in [2.45, 2.75) is 0 Å². The maximum Gasteiger partial charge on any atom is 0.164 e. The molecule has 5 heteroatoms. The van der Waals surface area contributed by atoms with Gasteiger partial charge in [0.1, 0.15) is 17.0 Å². The predicted molar refractivity (Wildman–Crippen MR) is 174 cm³/mol. The van der Waals surface area contributed by atoms with Gasteiger partial charge in [-0.3, -0.25) is 0 Å². The third-order valence-electron chi connectivity index (χ3n) is 7.81. The molecule has 0 aliphatic rings. The van der Waals surface area contributed by atoms with Crippen LogP contribution in [0.2, 0.25) is 0 Å². The Kier molecular flexibility index (Phi) is 6.27. The van der Waals surface area contributed by atoms with Crippen LogP contribution in [0.25, 0.3) is 78.4 Å². The van der Waals surface area contributed by atoms with Gasteiger partial charge in [-0.05, 0) is 59.2 Å². The van der Waals surface area contributed by atoms with E-state index in [9.17, 15) is 0 Å². The summed E-state index contributed by atoms with van der Waals surface area (Å²) in [4.78, 5) is 14.4. The SMILES string of the molecule is Fc1ccc(-c2nc(-c3ccccc3)nc(-c3ccccc3)n2)cc1-c1cccc(-c2ccc3oc4ccccc4c3c2)c1. The smallest absolute Gasteiger partial charge is 0.164 e. The van der Waals surface area contributed by atoms with Crippen molar-refractivity contribution in [2.24, 2.45) is 0 Å². The van der Waals surface area contributed by atoms with Gasteiger partial charge in [0.15, 0.2) is 17.5 Å². The van der Waals surface area contributed by atoms with Crippen LogP contribution in [0.15, 0.2) is 150 Å². The van der Waals surface area contributed by atoms with Crippen molar-refractivity contribution in [3.63, 3.8) is 0 Å². The zero-order valence-electron chi connectivity index (χ0n) is 23.5. The monoisotopic (exact) mass is 569 g/mol. The van der Waals surface area contributed by atoms with Crippen LogP contribution in [0.5, 0.6) is 0 Å². The van der Waals surface area contributed by atoms with Gasteiger partial charge in [-0.1, -0.05) is 103 Å². The highest BCUT2D eigenvalue weighted by Gasteiger charge is 2.15. The molecule has 6 aromatic carbocycles. The largest absolute Gasteiger partial charge is 0.456 e.